The van der Waals surface area contributed by atoms with Crippen LogP contribution in [0, 0.1) is 6.92 Å². The van der Waals surface area contributed by atoms with Crippen LogP contribution in [-0.4, -0.2) is 17.9 Å². The number of amides is 1. The number of hydrogen-bond donors (Lipinski definition) is 1. The van der Waals surface area contributed by atoms with E-state index in [0.717, 1.165) is 15.6 Å². The van der Waals surface area contributed by atoms with Gasteiger partial charge in [0.2, 0.25) is 0 Å². The Kier molecular flexibility index (Phi) is 4.45. The number of nitrogens with two attached hydrogens (primary N) is 1. The number of carbonyl (C=O) groups excluding carboxylic acids is 1. The summed E-state index contributed by atoms with van der Waals surface area (Å²) in [5.41, 5.74) is 9.25. The molecule has 0 spiro atoms. The van der Waals surface area contributed by atoms with Gasteiger partial charge in [0.05, 0.1) is 0 Å². The predicted octanol–water partition coefficient (Wildman–Crippen LogP) is 3.61. The molecule has 2 N–H and O–H groups in total. The first kappa shape index (κ1) is 14.6. The molecule has 0 aliphatic rings. The minimum absolute atomic E-state index is 0.00736. The lowest BCUT2D eigenvalue weighted by Crippen LogP contribution is -2.27. The summed E-state index contributed by atoms with van der Waals surface area (Å²) in [6, 6.07) is 13.3. The molecule has 104 valence electrons. The van der Waals surface area contributed by atoms with Crippen LogP contribution in [-0.2, 0) is 6.54 Å². The molecular weight excluding hydrogens is 316 g/mol. The predicted molar refractivity (Wildman–Crippen MR) is 85.5 cm³/mol. The highest BCUT2D eigenvalue weighted by Crippen LogP contribution is 2.19. The molecule has 2 aromatic rings. The van der Waals surface area contributed by atoms with Gasteiger partial charge in [-0.3, -0.25) is 4.79 Å². The van der Waals surface area contributed by atoms with E-state index in [9.17, 15) is 4.79 Å². The Morgan fingerprint density at radius 1 is 1.25 bits per heavy atom. The second-order valence-corrected chi connectivity index (χ2v) is 5.73. The van der Waals surface area contributed by atoms with Gasteiger partial charge in [-0.2, -0.15) is 0 Å². The molecule has 0 saturated heterocycles. The number of aryl methyl sites for hydroxylation is 1. The van der Waals surface area contributed by atoms with E-state index in [1.807, 2.05) is 49.4 Å². The number of carbonyl (C=O) groups is 1. The van der Waals surface area contributed by atoms with Gasteiger partial charge in [0.1, 0.15) is 0 Å². The van der Waals surface area contributed by atoms with Gasteiger partial charge in [-0.1, -0.05) is 40.2 Å². The van der Waals surface area contributed by atoms with Crippen LogP contribution in [0.3, 0.4) is 0 Å². The van der Waals surface area contributed by atoms with Gasteiger partial charge < -0.3 is 10.6 Å². The largest absolute Gasteiger partial charge is 0.398 e. The van der Waals surface area contributed by atoms with E-state index in [1.165, 1.54) is 0 Å². The fraction of sp³-hybridized carbons (Fsp3) is 0.188. The van der Waals surface area contributed by atoms with Crippen LogP contribution in [0.2, 0.25) is 0 Å². The van der Waals surface area contributed by atoms with E-state index >= 15 is 0 Å². The Balaban J connectivity index is 2.21. The van der Waals surface area contributed by atoms with Crippen molar-refractivity contribution in [2.75, 3.05) is 12.8 Å². The average molecular weight is 333 g/mol. The lowest BCUT2D eigenvalue weighted by atomic mass is 10.1. The zero-order valence-corrected chi connectivity index (χ0v) is 13.1. The minimum Gasteiger partial charge on any atom is -0.398 e. The molecule has 0 heterocycles. The summed E-state index contributed by atoms with van der Waals surface area (Å²) in [7, 11) is 1.79. The van der Waals surface area contributed by atoms with Crippen molar-refractivity contribution in [1.82, 2.24) is 4.90 Å². The van der Waals surface area contributed by atoms with Crippen LogP contribution in [0.4, 0.5) is 5.69 Å². The van der Waals surface area contributed by atoms with Crippen molar-refractivity contribution < 1.29 is 4.79 Å². The van der Waals surface area contributed by atoms with Crippen LogP contribution < -0.4 is 5.73 Å². The summed E-state index contributed by atoms with van der Waals surface area (Å²) in [6.45, 7) is 2.43. The van der Waals surface area contributed by atoms with Gasteiger partial charge >= 0.3 is 0 Å². The summed E-state index contributed by atoms with van der Waals surface area (Å²) >= 11 is 3.40. The molecule has 2 aromatic carbocycles. The standard InChI is InChI=1S/C16H17BrN2O/c1-11-7-8-13(17)9-14(11)16(20)19(2)10-12-5-3-4-6-15(12)18/h3-9H,10,18H2,1-2H3. The number of para-hydroxylation sites is 1. The second kappa shape index (κ2) is 6.09. The highest BCUT2D eigenvalue weighted by atomic mass is 79.9. The first-order valence-corrected chi connectivity index (χ1v) is 7.13. The third kappa shape index (κ3) is 3.20. The van der Waals surface area contributed by atoms with E-state index in [2.05, 4.69) is 15.9 Å². The van der Waals surface area contributed by atoms with Crippen molar-refractivity contribution in [2.24, 2.45) is 0 Å². The van der Waals surface area contributed by atoms with Gasteiger partial charge in [-0.05, 0) is 36.2 Å². The maximum absolute atomic E-state index is 12.5. The van der Waals surface area contributed by atoms with Gasteiger partial charge in [-0.25, -0.2) is 0 Å². The van der Waals surface area contributed by atoms with E-state index in [1.54, 1.807) is 11.9 Å². The molecule has 0 aliphatic heterocycles. The molecule has 0 aromatic heterocycles. The van der Waals surface area contributed by atoms with Crippen LogP contribution in [0.25, 0.3) is 0 Å². The summed E-state index contributed by atoms with van der Waals surface area (Å²) in [5.74, 6) is -0.00736. The van der Waals surface area contributed by atoms with E-state index < -0.39 is 0 Å². The number of anilines is 1. The zero-order valence-electron chi connectivity index (χ0n) is 11.6. The molecule has 20 heavy (non-hydrogen) atoms. The molecule has 4 heteroatoms. The molecule has 0 bridgehead atoms. The Bertz CT molecular complexity index is 640. The molecule has 1 amide bonds. The summed E-state index contributed by atoms with van der Waals surface area (Å²) in [6.07, 6.45) is 0. The topological polar surface area (TPSA) is 46.3 Å². The summed E-state index contributed by atoms with van der Waals surface area (Å²) in [4.78, 5) is 14.2. The molecular formula is C16H17BrN2O. The zero-order chi connectivity index (χ0) is 14.7. The average Bonchev–Trinajstić information content (AvgIpc) is 2.43. The van der Waals surface area contributed by atoms with Gasteiger partial charge in [-0.15, -0.1) is 0 Å². The Morgan fingerprint density at radius 3 is 2.65 bits per heavy atom. The monoisotopic (exact) mass is 332 g/mol. The van der Waals surface area contributed by atoms with Crippen LogP contribution in [0.15, 0.2) is 46.9 Å². The van der Waals surface area contributed by atoms with E-state index in [4.69, 9.17) is 5.73 Å². The number of rotatable bonds is 3. The van der Waals surface area contributed by atoms with Gasteiger partial charge in [0, 0.05) is 29.3 Å². The van der Waals surface area contributed by atoms with E-state index in [0.29, 0.717) is 17.8 Å². The number of halogens is 1. The number of hydrogen-bond acceptors (Lipinski definition) is 2. The lowest BCUT2D eigenvalue weighted by molar-refractivity contribution is 0.0784. The highest BCUT2D eigenvalue weighted by molar-refractivity contribution is 9.10. The van der Waals surface area contributed by atoms with Gasteiger partial charge in [0.25, 0.3) is 5.91 Å². The maximum atomic E-state index is 12.5. The minimum atomic E-state index is -0.00736. The fourth-order valence-electron chi connectivity index (χ4n) is 2.04. The Morgan fingerprint density at radius 2 is 1.95 bits per heavy atom. The first-order chi connectivity index (χ1) is 9.49. The van der Waals surface area contributed by atoms with Crippen LogP contribution in [0.5, 0.6) is 0 Å². The van der Waals surface area contributed by atoms with Crippen molar-refractivity contribution in [3.63, 3.8) is 0 Å². The molecule has 0 saturated carbocycles. The second-order valence-electron chi connectivity index (χ2n) is 4.82. The third-order valence-corrected chi connectivity index (χ3v) is 3.73. The quantitative estimate of drug-likeness (QED) is 0.872. The van der Waals surface area contributed by atoms with Gasteiger partial charge in [0.15, 0.2) is 0 Å². The molecule has 3 nitrogen and oxygen atoms in total. The van der Waals surface area contributed by atoms with Crippen molar-refractivity contribution in [3.05, 3.63) is 63.6 Å². The normalized spacial score (nSPS) is 10.3. The summed E-state index contributed by atoms with van der Waals surface area (Å²) < 4.78 is 0.902. The van der Waals surface area contributed by atoms with Crippen molar-refractivity contribution in [1.29, 1.82) is 0 Å². The molecule has 2 rings (SSSR count). The smallest absolute Gasteiger partial charge is 0.254 e. The number of benzene rings is 2. The number of nitrogens with zero attached hydrogens (tertiary/aromatic N) is 1. The lowest BCUT2D eigenvalue weighted by Gasteiger charge is -2.19. The van der Waals surface area contributed by atoms with Crippen molar-refractivity contribution in [3.8, 4) is 0 Å². The SMILES string of the molecule is Cc1ccc(Br)cc1C(=O)N(C)Cc1ccccc1N. The van der Waals surface area contributed by atoms with Crippen molar-refractivity contribution in [2.45, 2.75) is 13.5 Å². The van der Waals surface area contributed by atoms with Crippen LogP contribution in [0.1, 0.15) is 21.5 Å². The molecule has 0 unspecified atom stereocenters. The fourth-order valence-corrected chi connectivity index (χ4v) is 2.40. The molecule has 0 aliphatic carbocycles. The van der Waals surface area contributed by atoms with Crippen molar-refractivity contribution >= 4 is 27.5 Å². The highest BCUT2D eigenvalue weighted by Gasteiger charge is 2.15. The number of nitrogen functional groups attached to an aromatic ring is 1. The third-order valence-electron chi connectivity index (χ3n) is 3.24. The molecule has 0 radical (unpaired) electrons. The summed E-state index contributed by atoms with van der Waals surface area (Å²) in [5, 5.41) is 0. The first-order valence-electron chi connectivity index (χ1n) is 6.34. The maximum Gasteiger partial charge on any atom is 0.254 e. The van der Waals surface area contributed by atoms with E-state index in [-0.39, 0.29) is 5.91 Å². The Hall–Kier alpha value is -1.81. The molecule has 0 atom stereocenters. The Labute approximate surface area is 127 Å². The van der Waals surface area contributed by atoms with Crippen LogP contribution >= 0.6 is 15.9 Å². The molecule has 0 fully saturated rings.